The Hall–Kier alpha value is -2.38. The molecule has 2 aromatic rings. The third-order valence-electron chi connectivity index (χ3n) is 2.09. The second kappa shape index (κ2) is 4.64. The Bertz CT molecular complexity index is 517. The van der Waals surface area contributed by atoms with Crippen LogP contribution in [0.25, 0.3) is 0 Å². The molecule has 0 saturated heterocycles. The van der Waals surface area contributed by atoms with Crippen LogP contribution in [0.5, 0.6) is 0 Å². The maximum atomic E-state index is 11.6. The monoisotopic (exact) mass is 236 g/mol. The summed E-state index contributed by atoms with van der Waals surface area (Å²) in [5, 5.41) is 12.5. The highest BCUT2D eigenvalue weighted by Crippen LogP contribution is 2.05. The minimum atomic E-state index is -0.309. The van der Waals surface area contributed by atoms with Gasteiger partial charge in [-0.05, 0) is 6.92 Å². The van der Waals surface area contributed by atoms with Gasteiger partial charge in [-0.2, -0.15) is 10.1 Å². The molecule has 0 saturated carbocycles. The first-order valence-corrected chi connectivity index (χ1v) is 5.03. The van der Waals surface area contributed by atoms with E-state index in [9.17, 15) is 4.79 Å². The van der Waals surface area contributed by atoms with Gasteiger partial charge in [0.2, 0.25) is 5.89 Å². The fourth-order valence-electron chi connectivity index (χ4n) is 1.29. The van der Waals surface area contributed by atoms with Crippen LogP contribution in [-0.4, -0.2) is 32.8 Å². The van der Waals surface area contributed by atoms with Crippen LogP contribution in [-0.2, 0) is 6.42 Å². The van der Waals surface area contributed by atoms with E-state index in [1.54, 1.807) is 6.92 Å². The van der Waals surface area contributed by atoms with E-state index in [0.29, 0.717) is 30.4 Å². The highest BCUT2D eigenvalue weighted by atomic mass is 16.5. The molecule has 0 spiro atoms. The van der Waals surface area contributed by atoms with Gasteiger partial charge in [-0.25, -0.2) is 0 Å². The molecule has 0 unspecified atom stereocenters. The number of hydrogen-bond acceptors (Lipinski definition) is 6. The van der Waals surface area contributed by atoms with E-state index in [1.807, 2.05) is 0 Å². The molecule has 17 heavy (non-hydrogen) atoms. The van der Waals surface area contributed by atoms with Gasteiger partial charge in [-0.3, -0.25) is 9.89 Å². The van der Waals surface area contributed by atoms with Crippen molar-refractivity contribution in [3.05, 3.63) is 23.6 Å². The number of carbonyl (C=O) groups is 1. The number of aryl methyl sites for hydroxylation is 1. The average molecular weight is 236 g/mol. The third-order valence-corrected chi connectivity index (χ3v) is 2.09. The summed E-state index contributed by atoms with van der Waals surface area (Å²) < 4.78 is 4.90. The lowest BCUT2D eigenvalue weighted by molar-refractivity contribution is 0.0949. The Morgan fingerprint density at radius 3 is 3.06 bits per heavy atom. The number of aromatic amines is 1. The number of aromatic nitrogens is 4. The van der Waals surface area contributed by atoms with Crippen molar-refractivity contribution in [3.8, 4) is 0 Å². The summed E-state index contributed by atoms with van der Waals surface area (Å²) >= 11 is 0. The molecule has 0 fully saturated rings. The summed E-state index contributed by atoms with van der Waals surface area (Å²) in [7, 11) is 0. The maximum Gasteiger partial charge on any atom is 0.271 e. The minimum absolute atomic E-state index is 0.256. The normalized spacial score (nSPS) is 10.4. The summed E-state index contributed by atoms with van der Waals surface area (Å²) in [6.45, 7) is 2.12. The topological polar surface area (TPSA) is 123 Å². The largest absolute Gasteiger partial charge is 0.396 e. The Kier molecular flexibility index (Phi) is 3.03. The summed E-state index contributed by atoms with van der Waals surface area (Å²) in [6, 6.07) is 0. The van der Waals surface area contributed by atoms with Crippen LogP contribution >= 0.6 is 0 Å². The van der Waals surface area contributed by atoms with Crippen molar-refractivity contribution in [3.63, 3.8) is 0 Å². The Morgan fingerprint density at radius 2 is 2.47 bits per heavy atom. The van der Waals surface area contributed by atoms with Crippen LogP contribution in [0.2, 0.25) is 0 Å². The van der Waals surface area contributed by atoms with Crippen LogP contribution in [0.15, 0.2) is 10.7 Å². The molecule has 1 amide bonds. The SMILES string of the molecule is Cc1noc(CCNC(=O)c2[nH]ncc2N)n1. The van der Waals surface area contributed by atoms with Crippen molar-refractivity contribution >= 4 is 11.6 Å². The average Bonchev–Trinajstić information content (AvgIpc) is 2.87. The van der Waals surface area contributed by atoms with Crippen LogP contribution in [0.4, 0.5) is 5.69 Å². The molecule has 0 atom stereocenters. The van der Waals surface area contributed by atoms with Crippen LogP contribution in [0, 0.1) is 6.92 Å². The highest BCUT2D eigenvalue weighted by molar-refractivity contribution is 5.96. The summed E-state index contributed by atoms with van der Waals surface area (Å²) in [5.74, 6) is 0.751. The molecule has 2 heterocycles. The molecule has 8 nitrogen and oxygen atoms in total. The summed E-state index contributed by atoms with van der Waals surface area (Å²) in [6.07, 6.45) is 1.86. The number of anilines is 1. The Balaban J connectivity index is 1.83. The van der Waals surface area contributed by atoms with Gasteiger partial charge in [0.05, 0.1) is 11.9 Å². The second-order valence-electron chi connectivity index (χ2n) is 3.44. The number of nitrogens with two attached hydrogens (primary N) is 1. The predicted octanol–water partition coefficient (Wildman–Crippen LogP) is -0.344. The van der Waals surface area contributed by atoms with Gasteiger partial charge >= 0.3 is 0 Å². The van der Waals surface area contributed by atoms with Gasteiger partial charge in [0.1, 0.15) is 5.69 Å². The van der Waals surface area contributed by atoms with Crippen molar-refractivity contribution in [2.24, 2.45) is 0 Å². The fraction of sp³-hybridized carbons (Fsp3) is 0.333. The van der Waals surface area contributed by atoms with Crippen LogP contribution in [0.1, 0.15) is 22.2 Å². The van der Waals surface area contributed by atoms with Gasteiger partial charge in [-0.1, -0.05) is 5.16 Å². The number of nitrogen functional groups attached to an aromatic ring is 1. The van der Waals surface area contributed by atoms with Crippen molar-refractivity contribution < 1.29 is 9.32 Å². The zero-order valence-corrected chi connectivity index (χ0v) is 9.23. The minimum Gasteiger partial charge on any atom is -0.396 e. The second-order valence-corrected chi connectivity index (χ2v) is 3.44. The van der Waals surface area contributed by atoms with E-state index in [-0.39, 0.29) is 11.6 Å². The highest BCUT2D eigenvalue weighted by Gasteiger charge is 2.11. The molecule has 0 radical (unpaired) electrons. The quantitative estimate of drug-likeness (QED) is 0.667. The van der Waals surface area contributed by atoms with Gasteiger partial charge in [0.15, 0.2) is 5.82 Å². The van der Waals surface area contributed by atoms with Crippen molar-refractivity contribution in [1.82, 2.24) is 25.7 Å². The third kappa shape index (κ3) is 2.60. The van der Waals surface area contributed by atoms with E-state index < -0.39 is 0 Å². The molecule has 0 aromatic carbocycles. The number of amides is 1. The molecule has 0 aliphatic heterocycles. The standard InChI is InChI=1S/C9H12N6O2/c1-5-13-7(17-15-5)2-3-11-9(16)8-6(10)4-12-14-8/h4H,2-3,10H2,1H3,(H,11,16)(H,12,14). The van der Waals surface area contributed by atoms with E-state index in [4.69, 9.17) is 10.3 Å². The first-order valence-electron chi connectivity index (χ1n) is 5.03. The molecule has 4 N–H and O–H groups in total. The van der Waals surface area contributed by atoms with Gasteiger partial charge < -0.3 is 15.6 Å². The van der Waals surface area contributed by atoms with Gasteiger partial charge in [0, 0.05) is 13.0 Å². The number of nitrogens with zero attached hydrogens (tertiary/aromatic N) is 3. The first kappa shape index (κ1) is 11.1. The zero-order valence-electron chi connectivity index (χ0n) is 9.23. The zero-order chi connectivity index (χ0) is 12.3. The van der Waals surface area contributed by atoms with Crippen LogP contribution in [0.3, 0.4) is 0 Å². The van der Waals surface area contributed by atoms with Gasteiger partial charge in [0.25, 0.3) is 5.91 Å². The van der Waals surface area contributed by atoms with Gasteiger partial charge in [-0.15, -0.1) is 0 Å². The van der Waals surface area contributed by atoms with E-state index in [2.05, 4.69) is 25.7 Å². The van der Waals surface area contributed by atoms with E-state index >= 15 is 0 Å². The first-order chi connectivity index (χ1) is 8.16. The molecule has 2 aromatic heterocycles. The molecule has 90 valence electrons. The van der Waals surface area contributed by atoms with Crippen molar-refractivity contribution in [2.45, 2.75) is 13.3 Å². The molecular weight excluding hydrogens is 224 g/mol. The Morgan fingerprint density at radius 1 is 1.65 bits per heavy atom. The maximum absolute atomic E-state index is 11.6. The lowest BCUT2D eigenvalue weighted by Crippen LogP contribution is -2.26. The van der Waals surface area contributed by atoms with Crippen molar-refractivity contribution in [1.29, 1.82) is 0 Å². The molecule has 0 aliphatic carbocycles. The lowest BCUT2D eigenvalue weighted by atomic mass is 10.3. The predicted molar refractivity (Wildman–Crippen MR) is 58.1 cm³/mol. The smallest absolute Gasteiger partial charge is 0.271 e. The number of carbonyl (C=O) groups excluding carboxylic acids is 1. The number of hydrogen-bond donors (Lipinski definition) is 3. The molecule has 0 aliphatic rings. The molecule has 2 rings (SSSR count). The molecular formula is C9H12N6O2. The number of nitrogens with one attached hydrogen (secondary N) is 2. The van der Waals surface area contributed by atoms with E-state index in [0.717, 1.165) is 0 Å². The molecule has 8 heteroatoms. The number of rotatable bonds is 4. The Labute approximate surface area is 96.6 Å². The lowest BCUT2D eigenvalue weighted by Gasteiger charge is -2.01. The van der Waals surface area contributed by atoms with E-state index in [1.165, 1.54) is 6.20 Å². The van der Waals surface area contributed by atoms with Crippen molar-refractivity contribution in [2.75, 3.05) is 12.3 Å². The fourth-order valence-corrected chi connectivity index (χ4v) is 1.29. The van der Waals surface area contributed by atoms with Crippen LogP contribution < -0.4 is 11.1 Å². The summed E-state index contributed by atoms with van der Waals surface area (Å²) in [4.78, 5) is 15.6. The molecule has 0 bridgehead atoms. The summed E-state index contributed by atoms with van der Waals surface area (Å²) in [5.41, 5.74) is 6.10. The number of H-pyrrole nitrogens is 1.